The van der Waals surface area contributed by atoms with Crippen molar-refractivity contribution in [1.82, 2.24) is 4.98 Å². The number of rotatable bonds is 2. The predicted molar refractivity (Wildman–Crippen MR) is 45.6 cm³/mol. The van der Waals surface area contributed by atoms with Crippen LogP contribution in [0.15, 0.2) is 6.07 Å². The van der Waals surface area contributed by atoms with Crippen molar-refractivity contribution in [2.75, 3.05) is 5.73 Å². The summed E-state index contributed by atoms with van der Waals surface area (Å²) >= 11 is 5.35. The summed E-state index contributed by atoms with van der Waals surface area (Å²) < 4.78 is 24.5. The number of aromatic carboxylic acids is 1. The van der Waals surface area contributed by atoms with E-state index >= 15 is 0 Å². The van der Waals surface area contributed by atoms with Crippen molar-refractivity contribution in [2.45, 2.75) is 6.43 Å². The van der Waals surface area contributed by atoms with Gasteiger partial charge in [0.05, 0.1) is 11.3 Å². The zero-order valence-corrected chi connectivity index (χ0v) is 7.42. The van der Waals surface area contributed by atoms with Crippen LogP contribution in [0.25, 0.3) is 0 Å². The molecule has 0 amide bonds. The van der Waals surface area contributed by atoms with Crippen LogP contribution in [0, 0.1) is 0 Å². The zero-order valence-electron chi connectivity index (χ0n) is 6.67. The highest BCUT2D eigenvalue weighted by Crippen LogP contribution is 2.27. The van der Waals surface area contributed by atoms with Gasteiger partial charge in [0.2, 0.25) is 0 Å². The van der Waals surface area contributed by atoms with Crippen molar-refractivity contribution < 1.29 is 18.7 Å². The van der Waals surface area contributed by atoms with Crippen LogP contribution in [0.2, 0.25) is 5.15 Å². The first kappa shape index (κ1) is 10.6. The fraction of sp³-hybridized carbons (Fsp3) is 0.143. The second-order valence-corrected chi connectivity index (χ2v) is 2.78. The Morgan fingerprint density at radius 2 is 2.21 bits per heavy atom. The quantitative estimate of drug-likeness (QED) is 0.750. The van der Waals surface area contributed by atoms with E-state index in [1.807, 2.05) is 0 Å². The van der Waals surface area contributed by atoms with Crippen LogP contribution in [-0.2, 0) is 0 Å². The van der Waals surface area contributed by atoms with Crippen molar-refractivity contribution in [3.8, 4) is 0 Å². The van der Waals surface area contributed by atoms with Crippen molar-refractivity contribution in [3.63, 3.8) is 0 Å². The van der Waals surface area contributed by atoms with Gasteiger partial charge in [-0.3, -0.25) is 0 Å². The number of carboxylic acid groups (broad SMARTS) is 1. The number of halogens is 3. The SMILES string of the molecule is Nc1c(C(=O)O)cc(Cl)nc1C(F)F. The van der Waals surface area contributed by atoms with E-state index in [9.17, 15) is 13.6 Å². The summed E-state index contributed by atoms with van der Waals surface area (Å²) in [5.41, 5.74) is 3.33. The Kier molecular flexibility index (Phi) is 2.85. The minimum Gasteiger partial charge on any atom is -0.478 e. The third kappa shape index (κ3) is 1.90. The maximum atomic E-state index is 12.3. The monoisotopic (exact) mass is 222 g/mol. The fourth-order valence-electron chi connectivity index (χ4n) is 0.886. The molecule has 0 aliphatic carbocycles. The van der Waals surface area contributed by atoms with E-state index in [-0.39, 0.29) is 5.15 Å². The number of nitrogen functional groups attached to an aromatic ring is 1. The molecular weight excluding hydrogens is 218 g/mol. The summed E-state index contributed by atoms with van der Waals surface area (Å²) in [5, 5.41) is 8.26. The van der Waals surface area contributed by atoms with Gasteiger partial charge in [0, 0.05) is 0 Å². The lowest BCUT2D eigenvalue weighted by Crippen LogP contribution is -2.08. The molecule has 0 unspecified atom stereocenters. The number of hydrogen-bond acceptors (Lipinski definition) is 3. The number of alkyl halides is 2. The molecule has 1 rings (SSSR count). The second kappa shape index (κ2) is 3.75. The van der Waals surface area contributed by atoms with Crippen LogP contribution in [0.1, 0.15) is 22.5 Å². The number of aromatic nitrogens is 1. The Morgan fingerprint density at radius 1 is 1.64 bits per heavy atom. The molecule has 1 aromatic rings. The molecule has 3 N–H and O–H groups in total. The van der Waals surface area contributed by atoms with E-state index in [2.05, 4.69) is 4.98 Å². The van der Waals surface area contributed by atoms with Crippen molar-refractivity contribution in [2.24, 2.45) is 0 Å². The lowest BCUT2D eigenvalue weighted by molar-refractivity contribution is 0.0697. The first-order valence-corrected chi connectivity index (χ1v) is 3.78. The largest absolute Gasteiger partial charge is 0.478 e. The van der Waals surface area contributed by atoms with Crippen LogP contribution in [0.4, 0.5) is 14.5 Å². The minimum absolute atomic E-state index is 0.327. The highest BCUT2D eigenvalue weighted by atomic mass is 35.5. The van der Waals surface area contributed by atoms with E-state index in [0.717, 1.165) is 6.07 Å². The van der Waals surface area contributed by atoms with Gasteiger partial charge in [-0.2, -0.15) is 0 Å². The van der Waals surface area contributed by atoms with Crippen LogP contribution in [0.3, 0.4) is 0 Å². The van der Waals surface area contributed by atoms with Gasteiger partial charge in [-0.15, -0.1) is 0 Å². The van der Waals surface area contributed by atoms with Crippen LogP contribution >= 0.6 is 11.6 Å². The Hall–Kier alpha value is -1.43. The number of hydrogen-bond donors (Lipinski definition) is 2. The van der Waals surface area contributed by atoms with Crippen LogP contribution in [0.5, 0.6) is 0 Å². The molecule has 0 aromatic carbocycles. The molecule has 0 spiro atoms. The lowest BCUT2D eigenvalue weighted by atomic mass is 10.2. The molecule has 7 heteroatoms. The Balaban J connectivity index is 3.40. The van der Waals surface area contributed by atoms with Gasteiger partial charge in [-0.25, -0.2) is 18.6 Å². The van der Waals surface area contributed by atoms with Gasteiger partial charge >= 0.3 is 5.97 Å². The highest BCUT2D eigenvalue weighted by Gasteiger charge is 2.20. The third-order valence-electron chi connectivity index (χ3n) is 1.49. The first-order valence-electron chi connectivity index (χ1n) is 3.41. The smallest absolute Gasteiger partial charge is 0.337 e. The average Bonchev–Trinajstić information content (AvgIpc) is 2.07. The van der Waals surface area contributed by atoms with E-state index in [0.29, 0.717) is 0 Å². The fourth-order valence-corrected chi connectivity index (χ4v) is 1.09. The van der Waals surface area contributed by atoms with E-state index < -0.39 is 29.3 Å². The number of carbonyl (C=O) groups is 1. The summed E-state index contributed by atoms with van der Waals surface area (Å²) in [7, 11) is 0. The normalized spacial score (nSPS) is 10.6. The Morgan fingerprint density at radius 3 is 2.64 bits per heavy atom. The van der Waals surface area contributed by atoms with Crippen LogP contribution in [-0.4, -0.2) is 16.1 Å². The molecule has 0 aliphatic rings. The van der Waals surface area contributed by atoms with E-state index in [1.165, 1.54) is 0 Å². The molecule has 1 aromatic heterocycles. The topological polar surface area (TPSA) is 76.2 Å². The number of pyridine rings is 1. The number of anilines is 1. The molecule has 4 nitrogen and oxygen atoms in total. The molecule has 0 saturated carbocycles. The Labute approximate surface area is 82.3 Å². The molecule has 76 valence electrons. The van der Waals surface area contributed by atoms with Crippen molar-refractivity contribution >= 4 is 23.3 Å². The standard InChI is InChI=1S/C7H5ClF2N2O2/c8-3-1-2(7(13)14)4(11)5(12-3)6(9)10/h1,6H,11H2,(H,13,14). The number of nitrogens with zero attached hydrogens (tertiary/aromatic N) is 1. The average molecular weight is 223 g/mol. The molecule has 0 fully saturated rings. The lowest BCUT2D eigenvalue weighted by Gasteiger charge is -2.06. The van der Waals surface area contributed by atoms with E-state index in [1.54, 1.807) is 0 Å². The van der Waals surface area contributed by atoms with Crippen molar-refractivity contribution in [3.05, 3.63) is 22.5 Å². The maximum Gasteiger partial charge on any atom is 0.337 e. The van der Waals surface area contributed by atoms with Gasteiger partial charge in [0.25, 0.3) is 6.43 Å². The van der Waals surface area contributed by atoms with Gasteiger partial charge in [0.15, 0.2) is 0 Å². The molecule has 14 heavy (non-hydrogen) atoms. The molecule has 0 radical (unpaired) electrons. The third-order valence-corrected chi connectivity index (χ3v) is 1.69. The summed E-state index contributed by atoms with van der Waals surface area (Å²) in [6, 6.07) is 0.922. The summed E-state index contributed by atoms with van der Waals surface area (Å²) in [5.74, 6) is -1.42. The molecule has 0 saturated heterocycles. The number of carboxylic acids is 1. The predicted octanol–water partition coefficient (Wildman–Crippen LogP) is 1.95. The first-order chi connectivity index (χ1) is 6.43. The van der Waals surface area contributed by atoms with Gasteiger partial charge in [-0.05, 0) is 6.07 Å². The van der Waals surface area contributed by atoms with Gasteiger partial charge < -0.3 is 10.8 Å². The zero-order chi connectivity index (χ0) is 10.9. The summed E-state index contributed by atoms with van der Waals surface area (Å²) in [4.78, 5) is 13.8. The Bertz CT molecular complexity index is 384. The maximum absolute atomic E-state index is 12.3. The highest BCUT2D eigenvalue weighted by molar-refractivity contribution is 6.29. The molecular formula is C7H5ClF2N2O2. The molecule has 1 heterocycles. The van der Waals surface area contributed by atoms with Gasteiger partial charge in [0.1, 0.15) is 10.8 Å². The summed E-state index contributed by atoms with van der Waals surface area (Å²) in [6.07, 6.45) is -2.95. The van der Waals surface area contributed by atoms with Crippen LogP contribution < -0.4 is 5.73 Å². The summed E-state index contributed by atoms with van der Waals surface area (Å²) in [6.45, 7) is 0. The second-order valence-electron chi connectivity index (χ2n) is 2.40. The van der Waals surface area contributed by atoms with Crippen molar-refractivity contribution in [1.29, 1.82) is 0 Å². The molecule has 0 atom stereocenters. The van der Waals surface area contributed by atoms with Gasteiger partial charge in [-0.1, -0.05) is 11.6 Å². The number of nitrogens with two attached hydrogens (primary N) is 1. The van der Waals surface area contributed by atoms with E-state index in [4.69, 9.17) is 22.4 Å². The molecule has 0 aliphatic heterocycles. The molecule has 0 bridgehead atoms. The minimum atomic E-state index is -2.95.